The maximum Gasteiger partial charge on any atom is 0.308 e. The Kier molecular flexibility index (Phi) is 5.86. The third-order valence-corrected chi connectivity index (χ3v) is 5.41. The van der Waals surface area contributed by atoms with E-state index in [-0.39, 0.29) is 18.4 Å². The summed E-state index contributed by atoms with van der Waals surface area (Å²) in [5, 5.41) is 14.3. The molecule has 7 heteroatoms. The van der Waals surface area contributed by atoms with Gasteiger partial charge in [-0.15, -0.1) is 11.3 Å². The van der Waals surface area contributed by atoms with Gasteiger partial charge in [0, 0.05) is 6.04 Å². The molecule has 6 nitrogen and oxygen atoms in total. The zero-order valence-electron chi connectivity index (χ0n) is 13.9. The van der Waals surface area contributed by atoms with E-state index in [0.717, 1.165) is 30.6 Å². The van der Waals surface area contributed by atoms with Gasteiger partial charge in [0.15, 0.2) is 0 Å². The molecule has 2 heterocycles. The lowest BCUT2D eigenvalue weighted by molar-refractivity contribution is -0.143. The lowest BCUT2D eigenvalue weighted by atomic mass is 9.86. The van der Waals surface area contributed by atoms with Crippen molar-refractivity contribution in [2.45, 2.75) is 51.0 Å². The van der Waals surface area contributed by atoms with E-state index in [1.807, 2.05) is 17.5 Å². The normalized spacial score (nSPS) is 21.3. The summed E-state index contributed by atoms with van der Waals surface area (Å²) in [7, 11) is 0. The largest absolute Gasteiger partial charge is 0.481 e. The number of hydrogen-bond acceptors (Lipinski definition) is 5. The van der Waals surface area contributed by atoms with E-state index >= 15 is 0 Å². The predicted molar refractivity (Wildman–Crippen MR) is 94.3 cm³/mol. The fraction of sp³-hybridized carbons (Fsp3) is 0.500. The molecule has 2 N–H and O–H groups in total. The van der Waals surface area contributed by atoms with Crippen LogP contribution in [0.4, 0.5) is 0 Å². The number of hydrogen-bond donors (Lipinski definition) is 2. The molecule has 2 aromatic rings. The summed E-state index contributed by atoms with van der Waals surface area (Å²) in [6, 6.07) is 3.51. The molecule has 0 spiro atoms. The van der Waals surface area contributed by atoms with Crippen LogP contribution in [0.2, 0.25) is 0 Å². The van der Waals surface area contributed by atoms with Gasteiger partial charge in [-0.25, -0.2) is 4.98 Å². The predicted octanol–water partition coefficient (Wildman–Crippen LogP) is 3.49. The Hall–Kier alpha value is -2.15. The first-order valence-electron chi connectivity index (χ1n) is 8.64. The molecule has 0 aromatic carbocycles. The number of carboxylic acids is 1. The van der Waals surface area contributed by atoms with Crippen molar-refractivity contribution in [3.63, 3.8) is 0 Å². The number of carbonyl (C=O) groups excluding carboxylic acids is 1. The maximum atomic E-state index is 12.4. The average molecular weight is 362 g/mol. The van der Waals surface area contributed by atoms with Crippen molar-refractivity contribution in [1.29, 1.82) is 0 Å². The molecule has 2 aromatic heterocycles. The second-order valence-corrected chi connectivity index (χ2v) is 7.36. The van der Waals surface area contributed by atoms with E-state index in [1.165, 1.54) is 17.6 Å². The van der Waals surface area contributed by atoms with Gasteiger partial charge in [-0.1, -0.05) is 31.7 Å². The maximum absolute atomic E-state index is 12.4. The van der Waals surface area contributed by atoms with Gasteiger partial charge in [-0.2, -0.15) is 0 Å². The highest BCUT2D eigenvalue weighted by Gasteiger charge is 2.30. The van der Waals surface area contributed by atoms with Gasteiger partial charge in [0.1, 0.15) is 6.26 Å². The third-order valence-electron chi connectivity index (χ3n) is 4.55. The van der Waals surface area contributed by atoms with Crippen molar-refractivity contribution in [3.05, 3.63) is 29.5 Å². The molecule has 1 fully saturated rings. The Morgan fingerprint density at radius 3 is 2.80 bits per heavy atom. The number of rotatable bonds is 5. The number of nitrogens with zero attached hydrogens (tertiary/aromatic N) is 1. The van der Waals surface area contributed by atoms with E-state index < -0.39 is 11.9 Å². The Bertz CT molecular complexity index is 710. The van der Waals surface area contributed by atoms with Crippen LogP contribution >= 0.6 is 11.3 Å². The van der Waals surface area contributed by atoms with Crippen LogP contribution < -0.4 is 5.32 Å². The van der Waals surface area contributed by atoms with Crippen LogP contribution in [-0.4, -0.2) is 28.0 Å². The Morgan fingerprint density at radius 1 is 1.28 bits per heavy atom. The lowest BCUT2D eigenvalue weighted by Gasteiger charge is -2.27. The fourth-order valence-corrected chi connectivity index (χ4v) is 3.93. The van der Waals surface area contributed by atoms with Crippen molar-refractivity contribution in [2.24, 2.45) is 5.92 Å². The summed E-state index contributed by atoms with van der Waals surface area (Å²) in [4.78, 5) is 29.1. The highest BCUT2D eigenvalue weighted by Crippen LogP contribution is 2.25. The first kappa shape index (κ1) is 17.7. The second-order valence-electron chi connectivity index (χ2n) is 6.41. The minimum Gasteiger partial charge on any atom is -0.481 e. The number of amides is 1. The molecule has 1 aliphatic rings. The topological polar surface area (TPSA) is 92.4 Å². The number of nitrogens with one attached hydrogen (secondary N) is 1. The summed E-state index contributed by atoms with van der Waals surface area (Å²) >= 11 is 1.52. The first-order valence-corrected chi connectivity index (χ1v) is 9.52. The van der Waals surface area contributed by atoms with Crippen molar-refractivity contribution in [2.75, 3.05) is 0 Å². The molecule has 1 amide bonds. The zero-order valence-corrected chi connectivity index (χ0v) is 14.8. The number of aliphatic carboxylic acids is 1. The number of aromatic nitrogens is 1. The SMILES string of the molecule is O=C(Cc1coc(-c2cccs2)n1)NC1CCCCCCC1C(=O)O. The highest BCUT2D eigenvalue weighted by molar-refractivity contribution is 7.13. The molecule has 25 heavy (non-hydrogen) atoms. The summed E-state index contributed by atoms with van der Waals surface area (Å²) in [5.41, 5.74) is 0.554. The number of carboxylic acid groups (broad SMARTS) is 1. The molecular formula is C18H22N2O4S. The molecule has 1 aliphatic carbocycles. The van der Waals surface area contributed by atoms with E-state index in [9.17, 15) is 14.7 Å². The van der Waals surface area contributed by atoms with Gasteiger partial charge in [0.25, 0.3) is 0 Å². The molecule has 3 rings (SSSR count). The van der Waals surface area contributed by atoms with E-state index in [1.54, 1.807) is 0 Å². The van der Waals surface area contributed by atoms with E-state index in [2.05, 4.69) is 10.3 Å². The minimum atomic E-state index is -0.825. The van der Waals surface area contributed by atoms with E-state index in [4.69, 9.17) is 4.42 Å². The molecule has 2 atom stereocenters. The lowest BCUT2D eigenvalue weighted by Crippen LogP contribution is -2.44. The van der Waals surface area contributed by atoms with Crippen LogP contribution in [0.15, 0.2) is 28.2 Å². The smallest absolute Gasteiger partial charge is 0.308 e. The third kappa shape index (κ3) is 4.69. The number of oxazole rings is 1. The van der Waals surface area contributed by atoms with Gasteiger partial charge in [0.2, 0.25) is 11.8 Å². The quantitative estimate of drug-likeness (QED) is 0.849. The van der Waals surface area contributed by atoms with Crippen molar-refractivity contribution in [1.82, 2.24) is 10.3 Å². The zero-order chi connectivity index (χ0) is 17.6. The van der Waals surface area contributed by atoms with Crippen LogP contribution in [0.3, 0.4) is 0 Å². The van der Waals surface area contributed by atoms with Crippen LogP contribution in [0, 0.1) is 5.92 Å². The summed E-state index contributed by atoms with van der Waals surface area (Å²) in [6.45, 7) is 0. The number of thiophene rings is 1. The Labute approximate surface area is 150 Å². The summed E-state index contributed by atoms with van der Waals surface area (Å²) in [6.07, 6.45) is 6.91. The molecule has 0 bridgehead atoms. The van der Waals surface area contributed by atoms with Crippen LogP contribution in [0.1, 0.15) is 44.2 Å². The highest BCUT2D eigenvalue weighted by atomic mass is 32.1. The van der Waals surface area contributed by atoms with Crippen molar-refractivity contribution < 1.29 is 19.1 Å². The molecular weight excluding hydrogens is 340 g/mol. The summed E-state index contributed by atoms with van der Waals surface area (Å²) < 4.78 is 5.42. The molecule has 0 radical (unpaired) electrons. The van der Waals surface area contributed by atoms with Gasteiger partial charge < -0.3 is 14.8 Å². The van der Waals surface area contributed by atoms with Crippen molar-refractivity contribution in [3.8, 4) is 10.8 Å². The minimum absolute atomic E-state index is 0.0950. The van der Waals surface area contributed by atoms with Gasteiger partial charge in [-0.05, 0) is 24.3 Å². The van der Waals surface area contributed by atoms with Crippen LogP contribution in [0.5, 0.6) is 0 Å². The molecule has 0 saturated heterocycles. The monoisotopic (exact) mass is 362 g/mol. The fourth-order valence-electron chi connectivity index (χ4n) is 3.28. The first-order chi connectivity index (χ1) is 12.1. The average Bonchev–Trinajstić information content (AvgIpc) is 3.20. The standard InChI is InChI=1S/C18H22N2O4S/c21-16(10-12-11-24-17(19-12)15-8-5-9-25-15)20-14-7-4-2-1-3-6-13(14)18(22)23/h5,8-9,11,13-14H,1-4,6-7,10H2,(H,20,21)(H,22,23). The van der Waals surface area contributed by atoms with Gasteiger partial charge >= 0.3 is 5.97 Å². The summed E-state index contributed by atoms with van der Waals surface area (Å²) in [5.74, 6) is -1.04. The van der Waals surface area contributed by atoms with Crippen molar-refractivity contribution >= 4 is 23.2 Å². The van der Waals surface area contributed by atoms with E-state index in [0.29, 0.717) is 24.4 Å². The molecule has 134 valence electrons. The number of carbonyl (C=O) groups is 2. The van der Waals surface area contributed by atoms with Gasteiger partial charge in [0.05, 0.1) is 22.9 Å². The Morgan fingerprint density at radius 2 is 2.08 bits per heavy atom. The second kappa shape index (κ2) is 8.29. The van der Waals surface area contributed by atoms with Crippen LogP contribution in [0.25, 0.3) is 10.8 Å². The molecule has 0 aliphatic heterocycles. The molecule has 1 saturated carbocycles. The van der Waals surface area contributed by atoms with Gasteiger partial charge in [-0.3, -0.25) is 9.59 Å². The molecule has 2 unspecified atom stereocenters. The van der Waals surface area contributed by atoms with Crippen LogP contribution in [-0.2, 0) is 16.0 Å². The Balaban J connectivity index is 1.61.